The van der Waals surface area contributed by atoms with Crippen molar-refractivity contribution in [2.45, 2.75) is 6.92 Å². The van der Waals surface area contributed by atoms with Gasteiger partial charge in [-0.3, -0.25) is 10.1 Å². The Morgan fingerprint density at radius 3 is 2.62 bits per heavy atom. The average molecular weight is 237 g/mol. The van der Waals surface area contributed by atoms with Crippen LogP contribution in [0.2, 0.25) is 5.02 Å². The highest BCUT2D eigenvalue weighted by Crippen LogP contribution is 2.13. The van der Waals surface area contributed by atoms with Crippen LogP contribution in [-0.2, 0) is 0 Å². The van der Waals surface area contributed by atoms with Crippen molar-refractivity contribution in [2.24, 2.45) is 0 Å². The first-order chi connectivity index (χ1) is 7.65. The molecule has 0 spiro atoms. The first kappa shape index (κ1) is 10.7. The second kappa shape index (κ2) is 4.37. The van der Waals surface area contributed by atoms with E-state index in [0.29, 0.717) is 22.2 Å². The largest absolute Gasteiger partial charge is 0.338 e. The van der Waals surface area contributed by atoms with E-state index in [9.17, 15) is 4.79 Å². The van der Waals surface area contributed by atoms with Gasteiger partial charge in [0.1, 0.15) is 0 Å². The third-order valence-corrected chi connectivity index (χ3v) is 2.22. The normalized spacial score (nSPS) is 10.1. The Balaban J connectivity index is 2.11. The molecule has 1 aromatic heterocycles. The molecule has 1 heterocycles. The Morgan fingerprint density at radius 1 is 1.38 bits per heavy atom. The van der Waals surface area contributed by atoms with Crippen LogP contribution in [0.4, 0.5) is 5.88 Å². The van der Waals surface area contributed by atoms with Crippen molar-refractivity contribution in [2.75, 3.05) is 5.32 Å². The molecule has 2 aromatic rings. The van der Waals surface area contributed by atoms with Gasteiger partial charge in [0.15, 0.2) is 0 Å². The fraction of sp³-hybridized carbons (Fsp3) is 0.0909. The van der Waals surface area contributed by atoms with Gasteiger partial charge in [0.25, 0.3) is 5.91 Å². The fourth-order valence-electron chi connectivity index (χ4n) is 1.21. The molecule has 1 N–H and O–H groups in total. The molecule has 0 fully saturated rings. The number of aromatic nitrogens is 1. The number of nitrogens with one attached hydrogen (secondary N) is 1. The molecule has 0 saturated heterocycles. The zero-order valence-electron chi connectivity index (χ0n) is 8.53. The average Bonchev–Trinajstić information content (AvgIpc) is 2.65. The molecule has 0 bridgehead atoms. The Hall–Kier alpha value is -1.81. The Labute approximate surface area is 97.2 Å². The summed E-state index contributed by atoms with van der Waals surface area (Å²) in [6.45, 7) is 1.78. The maximum atomic E-state index is 11.7. The van der Waals surface area contributed by atoms with Crippen LogP contribution in [0.5, 0.6) is 0 Å². The van der Waals surface area contributed by atoms with E-state index < -0.39 is 0 Å². The standard InChI is InChI=1S/C11H9ClN2O2/c1-7-6-10(16-14-7)13-11(15)8-2-4-9(12)5-3-8/h2-6H,1H3,(H,13,15). The maximum absolute atomic E-state index is 11.7. The number of carbonyl (C=O) groups is 1. The van der Waals surface area contributed by atoms with Crippen LogP contribution in [-0.4, -0.2) is 11.1 Å². The zero-order chi connectivity index (χ0) is 11.5. The minimum absolute atomic E-state index is 0.257. The number of aryl methyl sites for hydroxylation is 1. The lowest BCUT2D eigenvalue weighted by Crippen LogP contribution is -2.10. The Bertz CT molecular complexity index is 505. The zero-order valence-corrected chi connectivity index (χ0v) is 9.28. The molecule has 1 aromatic carbocycles. The van der Waals surface area contributed by atoms with E-state index in [1.165, 1.54) is 0 Å². The molecule has 0 saturated carbocycles. The molecule has 0 aliphatic rings. The van der Waals surface area contributed by atoms with Crippen molar-refractivity contribution >= 4 is 23.4 Å². The lowest BCUT2D eigenvalue weighted by molar-refractivity contribution is 0.102. The molecule has 2 rings (SSSR count). The fourth-order valence-corrected chi connectivity index (χ4v) is 1.33. The van der Waals surface area contributed by atoms with Crippen LogP contribution in [0.3, 0.4) is 0 Å². The van der Waals surface area contributed by atoms with Crippen LogP contribution < -0.4 is 5.32 Å². The molecule has 0 aliphatic heterocycles. The summed E-state index contributed by atoms with van der Waals surface area (Å²) < 4.78 is 4.87. The predicted molar refractivity (Wildman–Crippen MR) is 60.6 cm³/mol. The van der Waals surface area contributed by atoms with Gasteiger partial charge in [-0.05, 0) is 31.2 Å². The summed E-state index contributed by atoms with van der Waals surface area (Å²) in [6, 6.07) is 8.24. The first-order valence-corrected chi connectivity index (χ1v) is 5.03. The smallest absolute Gasteiger partial charge is 0.258 e. The number of anilines is 1. The van der Waals surface area contributed by atoms with Crippen LogP contribution in [0.1, 0.15) is 16.1 Å². The third-order valence-electron chi connectivity index (χ3n) is 1.97. The monoisotopic (exact) mass is 236 g/mol. The quantitative estimate of drug-likeness (QED) is 0.872. The minimum atomic E-state index is -0.257. The number of nitrogens with zero attached hydrogens (tertiary/aromatic N) is 1. The summed E-state index contributed by atoms with van der Waals surface area (Å²) in [5.74, 6) is 0.0743. The summed E-state index contributed by atoms with van der Waals surface area (Å²) in [4.78, 5) is 11.7. The van der Waals surface area contributed by atoms with E-state index in [-0.39, 0.29) is 5.91 Å². The predicted octanol–water partition coefficient (Wildman–Crippen LogP) is 2.89. The van der Waals surface area contributed by atoms with Gasteiger partial charge < -0.3 is 4.52 Å². The van der Waals surface area contributed by atoms with E-state index in [0.717, 1.165) is 0 Å². The van der Waals surface area contributed by atoms with Gasteiger partial charge in [-0.2, -0.15) is 0 Å². The topological polar surface area (TPSA) is 55.1 Å². The van der Waals surface area contributed by atoms with Crippen molar-refractivity contribution < 1.29 is 9.32 Å². The van der Waals surface area contributed by atoms with Crippen LogP contribution in [0, 0.1) is 6.92 Å². The maximum Gasteiger partial charge on any atom is 0.258 e. The van der Waals surface area contributed by atoms with Crippen LogP contribution in [0.25, 0.3) is 0 Å². The SMILES string of the molecule is Cc1cc(NC(=O)c2ccc(Cl)cc2)on1. The second-order valence-corrected chi connectivity index (χ2v) is 3.73. The molecular formula is C11H9ClN2O2. The van der Waals surface area contributed by atoms with Gasteiger partial charge in [0.05, 0.1) is 5.69 Å². The van der Waals surface area contributed by atoms with Crippen LogP contribution >= 0.6 is 11.6 Å². The second-order valence-electron chi connectivity index (χ2n) is 3.29. The van der Waals surface area contributed by atoms with E-state index in [4.69, 9.17) is 16.1 Å². The molecule has 0 aliphatic carbocycles. The molecule has 0 unspecified atom stereocenters. The van der Waals surface area contributed by atoms with Gasteiger partial charge in [0, 0.05) is 16.7 Å². The van der Waals surface area contributed by atoms with Gasteiger partial charge in [-0.25, -0.2) is 0 Å². The van der Waals surface area contributed by atoms with E-state index >= 15 is 0 Å². The Morgan fingerprint density at radius 2 is 2.06 bits per heavy atom. The number of carbonyl (C=O) groups excluding carboxylic acids is 1. The summed E-state index contributed by atoms with van der Waals surface area (Å²) >= 11 is 5.72. The molecule has 4 nitrogen and oxygen atoms in total. The van der Waals surface area contributed by atoms with Gasteiger partial charge in [0.2, 0.25) is 5.88 Å². The van der Waals surface area contributed by atoms with Crippen LogP contribution in [0.15, 0.2) is 34.9 Å². The minimum Gasteiger partial charge on any atom is -0.338 e. The van der Waals surface area contributed by atoms with Crippen molar-refractivity contribution in [3.05, 3.63) is 46.6 Å². The van der Waals surface area contributed by atoms with E-state index in [1.54, 1.807) is 37.3 Å². The number of halogens is 1. The van der Waals surface area contributed by atoms with Gasteiger partial charge in [-0.1, -0.05) is 16.8 Å². The van der Waals surface area contributed by atoms with E-state index in [1.807, 2.05) is 0 Å². The molecule has 1 amide bonds. The molecule has 5 heteroatoms. The number of amides is 1. The van der Waals surface area contributed by atoms with Gasteiger partial charge in [-0.15, -0.1) is 0 Å². The number of rotatable bonds is 2. The Kier molecular flexibility index (Phi) is 2.92. The lowest BCUT2D eigenvalue weighted by atomic mass is 10.2. The highest BCUT2D eigenvalue weighted by Gasteiger charge is 2.08. The highest BCUT2D eigenvalue weighted by atomic mass is 35.5. The summed E-state index contributed by atoms with van der Waals surface area (Å²) in [6.07, 6.45) is 0. The highest BCUT2D eigenvalue weighted by molar-refractivity contribution is 6.30. The first-order valence-electron chi connectivity index (χ1n) is 4.65. The molecule has 0 radical (unpaired) electrons. The molecule has 82 valence electrons. The van der Waals surface area contributed by atoms with E-state index in [2.05, 4.69) is 10.5 Å². The molecule has 0 atom stereocenters. The lowest BCUT2D eigenvalue weighted by Gasteiger charge is -2.00. The van der Waals surface area contributed by atoms with Crippen molar-refractivity contribution in [3.8, 4) is 0 Å². The van der Waals surface area contributed by atoms with Gasteiger partial charge >= 0.3 is 0 Å². The molecular weight excluding hydrogens is 228 g/mol. The number of hydrogen-bond donors (Lipinski definition) is 1. The van der Waals surface area contributed by atoms with Crippen molar-refractivity contribution in [1.29, 1.82) is 0 Å². The molecule has 16 heavy (non-hydrogen) atoms. The number of benzene rings is 1. The van der Waals surface area contributed by atoms with Crippen molar-refractivity contribution in [1.82, 2.24) is 5.16 Å². The summed E-state index contributed by atoms with van der Waals surface area (Å²) in [7, 11) is 0. The number of hydrogen-bond acceptors (Lipinski definition) is 3. The summed E-state index contributed by atoms with van der Waals surface area (Å²) in [5, 5.41) is 6.84. The third kappa shape index (κ3) is 2.41. The van der Waals surface area contributed by atoms with Crippen molar-refractivity contribution in [3.63, 3.8) is 0 Å². The summed E-state index contributed by atoms with van der Waals surface area (Å²) in [5.41, 5.74) is 1.23.